The summed E-state index contributed by atoms with van der Waals surface area (Å²) in [5, 5.41) is 20.5. The topological polar surface area (TPSA) is 70.0 Å². The highest BCUT2D eigenvalue weighted by Gasteiger charge is 2.58. The van der Waals surface area contributed by atoms with Crippen molar-refractivity contribution < 1.29 is 19.7 Å². The second-order valence-corrected chi connectivity index (χ2v) is 17.5. The lowest BCUT2D eigenvalue weighted by atomic mass is 9.47. The van der Waals surface area contributed by atoms with Crippen LogP contribution in [0.3, 0.4) is 0 Å². The van der Waals surface area contributed by atoms with Gasteiger partial charge in [-0.25, -0.2) is 0 Å². The smallest absolute Gasteiger partial charge is 0.155 e. The number of nitrogens with zero attached hydrogens (tertiary/aromatic N) is 1. The van der Waals surface area contributed by atoms with Crippen molar-refractivity contribution >= 4 is 5.78 Å². The maximum absolute atomic E-state index is 11.8. The van der Waals surface area contributed by atoms with E-state index in [0.29, 0.717) is 23.4 Å². The van der Waals surface area contributed by atoms with Gasteiger partial charge in [-0.3, -0.25) is 9.69 Å². The first-order valence-corrected chi connectivity index (χ1v) is 20.5. The molecule has 5 heteroatoms. The molecule has 0 bridgehead atoms. The summed E-state index contributed by atoms with van der Waals surface area (Å²) >= 11 is 0. The van der Waals surface area contributed by atoms with Gasteiger partial charge in [0, 0.05) is 18.9 Å². The number of phenolic OH excluding ortho intramolecular Hbond substituents is 1. The van der Waals surface area contributed by atoms with E-state index >= 15 is 0 Å². The van der Waals surface area contributed by atoms with Crippen molar-refractivity contribution in [2.24, 2.45) is 28.6 Å². The molecule has 276 valence electrons. The number of rotatable bonds is 6. The number of hydrogen-bond acceptors (Lipinski definition) is 5. The number of likely N-dealkylation sites (tertiary alicyclic amines) is 1. The predicted molar refractivity (Wildman–Crippen MR) is 208 cm³/mol. The molecule has 1 saturated heterocycles. The van der Waals surface area contributed by atoms with Crippen LogP contribution < -0.4 is 4.74 Å². The third-order valence-electron chi connectivity index (χ3n) is 14.8. The van der Waals surface area contributed by atoms with Crippen molar-refractivity contribution in [1.82, 2.24) is 4.90 Å². The molecule has 3 aromatic carbocycles. The molecule has 1 heterocycles. The molecule has 5 nitrogen and oxygen atoms in total. The maximum Gasteiger partial charge on any atom is 0.155 e. The lowest BCUT2D eigenvalue weighted by Gasteiger charge is -2.57. The SMILES string of the molecule is C[C@]12CC[C@H]3[C@@H](CCC4=CC(=O)CC[C@@]43C)[C@@H]1CC[C@@H]2O.Oc1ccc2c(c1)CC[C@H](c1ccccc1)[C@@H]2c1ccc(OCCN2CCCC2)cc1. The Morgan fingerprint density at radius 1 is 0.808 bits per heavy atom. The summed E-state index contributed by atoms with van der Waals surface area (Å²) in [4.78, 5) is 14.3. The summed E-state index contributed by atoms with van der Waals surface area (Å²) in [5.41, 5.74) is 7.19. The van der Waals surface area contributed by atoms with Crippen LogP contribution in [-0.4, -0.2) is 53.2 Å². The molecule has 9 rings (SSSR count). The highest BCUT2D eigenvalue weighted by Crippen LogP contribution is 2.65. The molecule has 3 saturated carbocycles. The number of hydrogen-bond donors (Lipinski definition) is 2. The number of benzene rings is 3. The number of carbonyl (C=O) groups is 1. The Morgan fingerprint density at radius 3 is 2.38 bits per heavy atom. The standard InChI is InChI=1S/C28H31NO2.C19H28O2/c30-24-11-15-27-23(20-24)10-14-26(21-6-2-1-3-7-21)28(27)22-8-12-25(13-9-22)31-19-18-29-16-4-5-17-29;1-18-9-7-13(20)11-12(18)3-4-14-15-5-6-17(21)19(15,2)10-8-16(14)18/h1-3,6-9,11-13,15,20,26,28,30H,4-5,10,14,16-19H2;11,14-17,21H,3-10H2,1-2H3/t26-,28+;14-,15-,16-,17-,18-,19-/m10/s1. The lowest BCUT2D eigenvalue weighted by Crippen LogP contribution is -2.51. The summed E-state index contributed by atoms with van der Waals surface area (Å²) < 4.78 is 6.03. The van der Waals surface area contributed by atoms with Crippen molar-refractivity contribution in [2.45, 2.75) is 109 Å². The second kappa shape index (κ2) is 14.8. The quantitative estimate of drug-likeness (QED) is 0.268. The molecule has 0 spiro atoms. The van der Waals surface area contributed by atoms with E-state index in [1.165, 1.54) is 79.4 Å². The number of aromatic hydroxyl groups is 1. The average Bonchev–Trinajstić information content (AvgIpc) is 3.79. The largest absolute Gasteiger partial charge is 0.508 e. The average molecular weight is 702 g/mol. The van der Waals surface area contributed by atoms with E-state index < -0.39 is 0 Å². The number of aryl methyl sites for hydroxylation is 1. The summed E-state index contributed by atoms with van der Waals surface area (Å²) in [7, 11) is 0. The Labute approximate surface area is 311 Å². The summed E-state index contributed by atoms with van der Waals surface area (Å²) in [6.45, 7) is 8.94. The fourth-order valence-corrected chi connectivity index (χ4v) is 11.9. The number of ketones is 1. The number of phenols is 1. The van der Waals surface area contributed by atoms with E-state index in [1.54, 1.807) is 0 Å². The molecule has 1 aliphatic heterocycles. The minimum atomic E-state index is -0.0823. The van der Waals surface area contributed by atoms with Crippen molar-refractivity contribution in [3.63, 3.8) is 0 Å². The first kappa shape index (κ1) is 35.6. The summed E-state index contributed by atoms with van der Waals surface area (Å²) in [6, 6.07) is 25.4. The molecule has 0 amide bonds. The zero-order valence-corrected chi connectivity index (χ0v) is 31.4. The summed E-state index contributed by atoms with van der Waals surface area (Å²) in [5.74, 6) is 4.59. The Hall–Kier alpha value is -3.41. The van der Waals surface area contributed by atoms with Crippen LogP contribution >= 0.6 is 0 Å². The minimum Gasteiger partial charge on any atom is -0.508 e. The van der Waals surface area contributed by atoms with Crippen molar-refractivity contribution in [3.05, 3.63) is 107 Å². The van der Waals surface area contributed by atoms with Gasteiger partial charge in [-0.1, -0.05) is 68.0 Å². The van der Waals surface area contributed by atoms with Gasteiger partial charge in [-0.15, -0.1) is 0 Å². The van der Waals surface area contributed by atoms with Gasteiger partial charge >= 0.3 is 0 Å². The van der Waals surface area contributed by atoms with Gasteiger partial charge in [0.1, 0.15) is 18.1 Å². The molecule has 2 N–H and O–H groups in total. The number of aliphatic hydroxyl groups is 1. The van der Waals surface area contributed by atoms with Crippen LogP contribution in [0.2, 0.25) is 0 Å². The lowest BCUT2D eigenvalue weighted by molar-refractivity contribution is -0.118. The molecule has 8 atom stereocenters. The van der Waals surface area contributed by atoms with Gasteiger partial charge in [0.25, 0.3) is 0 Å². The van der Waals surface area contributed by atoms with E-state index in [-0.39, 0.29) is 22.9 Å². The number of ether oxygens (including phenoxy) is 1. The first-order chi connectivity index (χ1) is 25.2. The Bertz CT molecular complexity index is 1740. The summed E-state index contributed by atoms with van der Waals surface area (Å²) in [6.07, 6.45) is 15.4. The molecular formula is C47H59NO4. The highest BCUT2D eigenvalue weighted by atomic mass is 16.5. The molecule has 0 unspecified atom stereocenters. The Kier molecular flexibility index (Phi) is 10.1. The minimum absolute atomic E-state index is 0.0823. The van der Waals surface area contributed by atoms with E-state index in [9.17, 15) is 15.0 Å². The van der Waals surface area contributed by atoms with E-state index in [4.69, 9.17) is 4.74 Å². The van der Waals surface area contributed by atoms with Crippen LogP contribution in [0.25, 0.3) is 0 Å². The molecule has 0 radical (unpaired) electrons. The zero-order chi connectivity index (χ0) is 35.9. The van der Waals surface area contributed by atoms with Crippen LogP contribution in [0.4, 0.5) is 0 Å². The van der Waals surface area contributed by atoms with Gasteiger partial charge in [0.15, 0.2) is 5.78 Å². The molecule has 4 fully saturated rings. The van der Waals surface area contributed by atoms with Crippen LogP contribution in [0.15, 0.2) is 84.4 Å². The van der Waals surface area contributed by atoms with Crippen LogP contribution in [0, 0.1) is 28.6 Å². The van der Waals surface area contributed by atoms with Crippen LogP contribution in [-0.2, 0) is 11.2 Å². The molecule has 3 aromatic rings. The number of fused-ring (bicyclic) bond motifs is 6. The van der Waals surface area contributed by atoms with Crippen molar-refractivity contribution in [3.8, 4) is 11.5 Å². The highest BCUT2D eigenvalue weighted by molar-refractivity contribution is 5.91. The van der Waals surface area contributed by atoms with Crippen LogP contribution in [0.1, 0.15) is 119 Å². The van der Waals surface area contributed by atoms with Crippen molar-refractivity contribution in [1.29, 1.82) is 0 Å². The van der Waals surface area contributed by atoms with Gasteiger partial charge in [0.05, 0.1) is 6.10 Å². The second-order valence-electron chi connectivity index (χ2n) is 17.5. The first-order valence-electron chi connectivity index (χ1n) is 20.5. The molecule has 0 aromatic heterocycles. The maximum atomic E-state index is 11.8. The third-order valence-corrected chi connectivity index (χ3v) is 14.8. The Morgan fingerprint density at radius 2 is 1.60 bits per heavy atom. The van der Waals surface area contributed by atoms with Crippen LogP contribution in [0.5, 0.6) is 11.5 Å². The molecule has 52 heavy (non-hydrogen) atoms. The van der Waals surface area contributed by atoms with Gasteiger partial charge in [0.2, 0.25) is 0 Å². The third kappa shape index (κ3) is 6.77. The molecule has 5 aliphatic carbocycles. The molecular weight excluding hydrogens is 643 g/mol. The monoisotopic (exact) mass is 701 g/mol. The predicted octanol–water partition coefficient (Wildman–Crippen LogP) is 9.61. The van der Waals surface area contributed by atoms with Gasteiger partial charge in [-0.05, 0) is 171 Å². The number of allylic oxidation sites excluding steroid dienone is 1. The van der Waals surface area contributed by atoms with Gasteiger partial charge in [-0.2, -0.15) is 0 Å². The number of carbonyl (C=O) groups excluding carboxylic acids is 1. The fourth-order valence-electron chi connectivity index (χ4n) is 11.9. The van der Waals surface area contributed by atoms with E-state index in [0.717, 1.165) is 69.3 Å². The van der Waals surface area contributed by atoms with Gasteiger partial charge < -0.3 is 14.9 Å². The Balaban J connectivity index is 0.000000160. The normalized spacial score (nSPS) is 33.8. The molecule has 6 aliphatic rings. The van der Waals surface area contributed by atoms with E-state index in [2.05, 4.69) is 79.4 Å². The van der Waals surface area contributed by atoms with Crippen molar-refractivity contribution in [2.75, 3.05) is 26.2 Å². The van der Waals surface area contributed by atoms with E-state index in [1.807, 2.05) is 18.2 Å². The number of aliphatic hydroxyl groups excluding tert-OH is 1. The fraction of sp³-hybridized carbons (Fsp3) is 0.553. The zero-order valence-electron chi connectivity index (χ0n) is 31.4.